The molecule has 0 aromatic carbocycles. The fourth-order valence-electron chi connectivity index (χ4n) is 3.75. The number of likely N-dealkylation sites (N-methyl/N-ethyl adjacent to an activating group) is 1. The first-order valence-corrected chi connectivity index (χ1v) is 9.02. The number of rotatable bonds is 6. The number of aromatic amines is 1. The summed E-state index contributed by atoms with van der Waals surface area (Å²) in [5.74, 6) is 1.03. The standard InChI is InChI=1S/C17H28N4O4/c1-19-4-6-20(7-5-19)9-13-10-21(11-14(13)12-22)17(24)3-2-15-8-16(23)18-25-15/h8,13-14,22H,2-7,9-12H2,1H3,(H,18,23)/t13-,14-/m1/s1. The highest BCUT2D eigenvalue weighted by Crippen LogP contribution is 2.25. The molecule has 2 saturated heterocycles. The Morgan fingerprint density at radius 3 is 2.64 bits per heavy atom. The van der Waals surface area contributed by atoms with Crippen LogP contribution < -0.4 is 5.56 Å². The van der Waals surface area contributed by atoms with Gasteiger partial charge in [-0.1, -0.05) is 0 Å². The lowest BCUT2D eigenvalue weighted by molar-refractivity contribution is -0.130. The average Bonchev–Trinajstić information content (AvgIpc) is 3.21. The Morgan fingerprint density at radius 1 is 1.28 bits per heavy atom. The minimum absolute atomic E-state index is 0.0585. The van der Waals surface area contributed by atoms with Gasteiger partial charge in [-0.3, -0.25) is 9.59 Å². The van der Waals surface area contributed by atoms with Gasteiger partial charge < -0.3 is 24.3 Å². The summed E-state index contributed by atoms with van der Waals surface area (Å²) in [7, 11) is 2.14. The molecule has 1 aromatic heterocycles. The molecule has 1 amide bonds. The van der Waals surface area contributed by atoms with Crippen molar-refractivity contribution < 1.29 is 14.4 Å². The number of carbonyl (C=O) groups excluding carboxylic acids is 1. The van der Waals surface area contributed by atoms with Crippen molar-refractivity contribution >= 4 is 5.91 Å². The van der Waals surface area contributed by atoms with Crippen LogP contribution in [-0.2, 0) is 11.2 Å². The first kappa shape index (κ1) is 18.2. The van der Waals surface area contributed by atoms with Crippen molar-refractivity contribution in [3.05, 3.63) is 22.2 Å². The van der Waals surface area contributed by atoms with Crippen molar-refractivity contribution in [2.45, 2.75) is 12.8 Å². The van der Waals surface area contributed by atoms with Crippen LogP contribution in [0.3, 0.4) is 0 Å². The largest absolute Gasteiger partial charge is 0.396 e. The van der Waals surface area contributed by atoms with Crippen LogP contribution in [0.15, 0.2) is 15.4 Å². The van der Waals surface area contributed by atoms with E-state index in [9.17, 15) is 14.7 Å². The Bertz CT molecular complexity index is 620. The second-order valence-corrected chi connectivity index (χ2v) is 7.28. The van der Waals surface area contributed by atoms with E-state index in [2.05, 4.69) is 22.0 Å². The zero-order chi connectivity index (χ0) is 17.8. The topological polar surface area (TPSA) is 93.0 Å². The molecule has 2 fully saturated rings. The van der Waals surface area contributed by atoms with Crippen LogP contribution in [0.25, 0.3) is 0 Å². The molecule has 0 unspecified atom stereocenters. The third-order valence-electron chi connectivity index (χ3n) is 5.41. The fourth-order valence-corrected chi connectivity index (χ4v) is 3.75. The predicted octanol–water partition coefficient (Wildman–Crippen LogP) is -0.785. The molecule has 0 saturated carbocycles. The van der Waals surface area contributed by atoms with Crippen molar-refractivity contribution in [1.29, 1.82) is 0 Å². The number of amides is 1. The Morgan fingerprint density at radius 2 is 2.00 bits per heavy atom. The molecule has 8 nitrogen and oxygen atoms in total. The van der Waals surface area contributed by atoms with Gasteiger partial charge in [-0.2, -0.15) is 5.16 Å². The van der Waals surface area contributed by atoms with Crippen molar-refractivity contribution in [1.82, 2.24) is 19.9 Å². The number of carbonyl (C=O) groups is 1. The molecular weight excluding hydrogens is 324 g/mol. The van der Waals surface area contributed by atoms with Gasteiger partial charge in [-0.15, -0.1) is 0 Å². The Balaban J connectivity index is 1.49. The number of nitrogens with one attached hydrogen (secondary N) is 1. The van der Waals surface area contributed by atoms with Crippen LogP contribution >= 0.6 is 0 Å². The van der Waals surface area contributed by atoms with Gasteiger partial charge in [0.2, 0.25) is 5.91 Å². The molecule has 2 aliphatic heterocycles. The summed E-state index contributed by atoms with van der Waals surface area (Å²) in [5, 5.41) is 11.9. The first-order chi connectivity index (χ1) is 12.0. The highest BCUT2D eigenvalue weighted by molar-refractivity contribution is 5.76. The first-order valence-electron chi connectivity index (χ1n) is 9.02. The molecule has 2 N–H and O–H groups in total. The van der Waals surface area contributed by atoms with Gasteiger partial charge in [0.05, 0.1) is 0 Å². The van der Waals surface area contributed by atoms with Crippen LogP contribution in [0.2, 0.25) is 0 Å². The van der Waals surface area contributed by atoms with E-state index in [0.717, 1.165) is 32.7 Å². The Labute approximate surface area is 147 Å². The molecule has 3 rings (SSSR count). The number of likely N-dealkylation sites (tertiary alicyclic amines) is 1. The molecule has 25 heavy (non-hydrogen) atoms. The summed E-state index contributed by atoms with van der Waals surface area (Å²) in [5.41, 5.74) is -0.281. The summed E-state index contributed by atoms with van der Waals surface area (Å²) in [6.07, 6.45) is 0.737. The second kappa shape index (κ2) is 8.16. The molecular formula is C17H28N4O4. The van der Waals surface area contributed by atoms with Gasteiger partial charge in [0, 0.05) is 77.2 Å². The van der Waals surface area contributed by atoms with E-state index in [1.807, 2.05) is 4.90 Å². The van der Waals surface area contributed by atoms with Gasteiger partial charge in [0.1, 0.15) is 5.76 Å². The highest BCUT2D eigenvalue weighted by atomic mass is 16.5. The SMILES string of the molecule is CN1CCN(C[C@@H]2CN(C(=O)CCc3cc(=O)[nH]o3)C[C@@H]2CO)CC1. The number of aliphatic hydroxyl groups excluding tert-OH is 1. The third kappa shape index (κ3) is 4.71. The second-order valence-electron chi connectivity index (χ2n) is 7.28. The van der Waals surface area contributed by atoms with Gasteiger partial charge >= 0.3 is 0 Å². The molecule has 1 aromatic rings. The van der Waals surface area contributed by atoms with E-state index >= 15 is 0 Å². The molecule has 0 aliphatic carbocycles. The maximum atomic E-state index is 12.5. The van der Waals surface area contributed by atoms with Gasteiger partial charge in [0.25, 0.3) is 5.56 Å². The normalized spacial score (nSPS) is 25.6. The monoisotopic (exact) mass is 352 g/mol. The van der Waals surface area contributed by atoms with E-state index in [1.165, 1.54) is 6.07 Å². The van der Waals surface area contributed by atoms with Gasteiger partial charge in [0.15, 0.2) is 0 Å². The van der Waals surface area contributed by atoms with Gasteiger partial charge in [-0.25, -0.2) is 0 Å². The summed E-state index contributed by atoms with van der Waals surface area (Å²) in [6, 6.07) is 1.38. The molecule has 0 spiro atoms. The number of piperazine rings is 1. The maximum Gasteiger partial charge on any atom is 0.280 e. The number of aliphatic hydroxyl groups is 1. The molecule has 140 valence electrons. The maximum absolute atomic E-state index is 12.5. The highest BCUT2D eigenvalue weighted by Gasteiger charge is 2.35. The number of hydrogen-bond donors (Lipinski definition) is 2. The summed E-state index contributed by atoms with van der Waals surface area (Å²) < 4.78 is 4.99. The zero-order valence-electron chi connectivity index (χ0n) is 14.8. The van der Waals surface area contributed by atoms with E-state index in [0.29, 0.717) is 37.6 Å². The smallest absolute Gasteiger partial charge is 0.280 e. The zero-order valence-corrected chi connectivity index (χ0v) is 14.8. The lowest BCUT2D eigenvalue weighted by Crippen LogP contribution is -2.47. The predicted molar refractivity (Wildman–Crippen MR) is 92.2 cm³/mol. The minimum Gasteiger partial charge on any atom is -0.396 e. The van der Waals surface area contributed by atoms with E-state index in [1.54, 1.807) is 0 Å². The van der Waals surface area contributed by atoms with Crippen molar-refractivity contribution in [2.75, 3.05) is 59.5 Å². The lowest BCUT2D eigenvalue weighted by atomic mass is 9.96. The molecule has 0 radical (unpaired) electrons. The number of H-pyrrole nitrogens is 1. The van der Waals surface area contributed by atoms with Crippen LogP contribution in [0.1, 0.15) is 12.2 Å². The number of hydrogen-bond acceptors (Lipinski definition) is 6. The molecule has 8 heteroatoms. The number of aromatic nitrogens is 1. The quantitative estimate of drug-likeness (QED) is 0.697. The number of aryl methyl sites for hydroxylation is 1. The lowest BCUT2D eigenvalue weighted by Gasteiger charge is -2.34. The van der Waals surface area contributed by atoms with E-state index in [-0.39, 0.29) is 24.0 Å². The van der Waals surface area contributed by atoms with Crippen molar-refractivity contribution in [3.63, 3.8) is 0 Å². The van der Waals surface area contributed by atoms with E-state index < -0.39 is 0 Å². The molecule has 0 bridgehead atoms. The molecule has 2 aliphatic rings. The van der Waals surface area contributed by atoms with Gasteiger partial charge in [-0.05, 0) is 13.0 Å². The third-order valence-corrected chi connectivity index (χ3v) is 5.41. The Hall–Kier alpha value is -1.64. The fraction of sp³-hybridized carbons (Fsp3) is 0.765. The summed E-state index contributed by atoms with van der Waals surface area (Å²) in [6.45, 7) is 6.61. The number of nitrogens with zero attached hydrogens (tertiary/aromatic N) is 3. The summed E-state index contributed by atoms with van der Waals surface area (Å²) in [4.78, 5) is 30.1. The van der Waals surface area contributed by atoms with Crippen molar-refractivity contribution in [3.8, 4) is 0 Å². The molecule has 3 heterocycles. The summed E-state index contributed by atoms with van der Waals surface area (Å²) >= 11 is 0. The average molecular weight is 352 g/mol. The van der Waals surface area contributed by atoms with Crippen LogP contribution in [-0.4, -0.2) is 90.3 Å². The molecule has 2 atom stereocenters. The van der Waals surface area contributed by atoms with E-state index in [4.69, 9.17) is 4.52 Å². The van der Waals surface area contributed by atoms with Crippen LogP contribution in [0, 0.1) is 11.8 Å². The van der Waals surface area contributed by atoms with Crippen LogP contribution in [0.5, 0.6) is 0 Å². The van der Waals surface area contributed by atoms with Crippen LogP contribution in [0.4, 0.5) is 0 Å². The minimum atomic E-state index is -0.281. The van der Waals surface area contributed by atoms with Crippen molar-refractivity contribution in [2.24, 2.45) is 11.8 Å². The Kier molecular flexibility index (Phi) is 5.93.